The van der Waals surface area contributed by atoms with Gasteiger partial charge in [-0.05, 0) is 52.0 Å². The lowest BCUT2D eigenvalue weighted by Crippen LogP contribution is -2.52. The number of carbonyl (C=O) groups excluding carboxylic acids is 2. The topological polar surface area (TPSA) is 117 Å². The summed E-state index contributed by atoms with van der Waals surface area (Å²) < 4.78 is 40.3. The number of likely N-dealkylation sites (N-methyl/N-ethyl adjacent to an activating group) is 1. The highest BCUT2D eigenvalue weighted by atomic mass is 32.2. The van der Waals surface area contributed by atoms with Gasteiger partial charge < -0.3 is 24.6 Å². The Bertz CT molecular complexity index is 1270. The van der Waals surface area contributed by atoms with Crippen molar-refractivity contribution in [1.29, 1.82) is 0 Å². The van der Waals surface area contributed by atoms with Gasteiger partial charge in [0, 0.05) is 45.3 Å². The Hall–Kier alpha value is -3.31. The number of benzene rings is 2. The van der Waals surface area contributed by atoms with E-state index in [4.69, 9.17) is 9.47 Å². The summed E-state index contributed by atoms with van der Waals surface area (Å²) in [6.07, 6.45) is -0.315. The summed E-state index contributed by atoms with van der Waals surface area (Å²) in [5.74, 6) is -0.132. The molecule has 0 saturated heterocycles. The van der Waals surface area contributed by atoms with Gasteiger partial charge in [-0.25, -0.2) is 13.2 Å². The Morgan fingerprint density at radius 2 is 1.77 bits per heavy atom. The van der Waals surface area contributed by atoms with Crippen LogP contribution in [0.1, 0.15) is 43.6 Å². The number of aryl methyl sites for hydroxylation is 1. The number of methoxy groups -OCH3 is 1. The summed E-state index contributed by atoms with van der Waals surface area (Å²) in [6.45, 7) is 10.3. The minimum absolute atomic E-state index is 0.0471. The molecule has 1 aliphatic heterocycles. The van der Waals surface area contributed by atoms with Crippen LogP contribution < -0.4 is 14.8 Å². The molecule has 2 N–H and O–H groups in total. The largest absolute Gasteiger partial charge is 0.491 e. The molecule has 2 aromatic rings. The summed E-state index contributed by atoms with van der Waals surface area (Å²) in [6, 6.07) is 10.5. The van der Waals surface area contributed by atoms with Gasteiger partial charge in [0.1, 0.15) is 12.4 Å². The third kappa shape index (κ3) is 7.63. The van der Waals surface area contributed by atoms with Crippen LogP contribution in [0.25, 0.3) is 0 Å². The average Bonchev–Trinajstić information content (AvgIpc) is 2.87. The predicted molar refractivity (Wildman–Crippen MR) is 151 cm³/mol. The monoisotopic (exact) mass is 560 g/mol. The van der Waals surface area contributed by atoms with Gasteiger partial charge in [0.05, 0.1) is 28.3 Å². The van der Waals surface area contributed by atoms with Crippen molar-refractivity contribution in [3.63, 3.8) is 0 Å². The van der Waals surface area contributed by atoms with Gasteiger partial charge in [0.2, 0.25) is 0 Å². The lowest BCUT2D eigenvalue weighted by Gasteiger charge is -2.36. The second-order valence-electron chi connectivity index (χ2n) is 10.5. The fourth-order valence-electron chi connectivity index (χ4n) is 4.38. The molecule has 0 spiro atoms. The second-order valence-corrected chi connectivity index (χ2v) is 12.2. The SMILES string of the molecule is CO[C@@H]1CN(C)C(=O)c2ccc(NS(=O)(=O)c3ccc(C)cc3)cc2OC[C@@H](C)N(C(=O)NC(C)C)C[C@@H]1C. The Labute approximate surface area is 231 Å². The van der Waals surface area contributed by atoms with E-state index in [9.17, 15) is 18.0 Å². The lowest BCUT2D eigenvalue weighted by atomic mass is 10.0. The van der Waals surface area contributed by atoms with E-state index in [1.165, 1.54) is 24.3 Å². The molecule has 0 saturated carbocycles. The summed E-state index contributed by atoms with van der Waals surface area (Å²) in [4.78, 5) is 29.9. The van der Waals surface area contributed by atoms with Crippen LogP contribution in [-0.4, -0.2) is 82.2 Å². The molecule has 1 heterocycles. The summed E-state index contributed by atoms with van der Waals surface area (Å²) >= 11 is 0. The molecule has 0 radical (unpaired) electrons. The maximum absolute atomic E-state index is 13.4. The number of sulfonamides is 1. The molecular weight excluding hydrogens is 520 g/mol. The molecule has 2 aromatic carbocycles. The molecule has 0 aliphatic carbocycles. The molecule has 11 heteroatoms. The quantitative estimate of drug-likeness (QED) is 0.576. The van der Waals surface area contributed by atoms with Crippen molar-refractivity contribution in [3.8, 4) is 5.75 Å². The minimum atomic E-state index is -3.86. The molecule has 0 fully saturated rings. The van der Waals surface area contributed by atoms with E-state index in [1.807, 2.05) is 34.6 Å². The first kappa shape index (κ1) is 30.2. The van der Waals surface area contributed by atoms with Crippen molar-refractivity contribution >= 4 is 27.6 Å². The molecule has 1 aliphatic rings. The number of hydrogen-bond acceptors (Lipinski definition) is 6. The molecule has 214 valence electrons. The Kier molecular flexibility index (Phi) is 9.84. The first-order chi connectivity index (χ1) is 18.3. The van der Waals surface area contributed by atoms with Crippen molar-refractivity contribution in [2.45, 2.75) is 57.7 Å². The summed E-state index contributed by atoms with van der Waals surface area (Å²) in [5.41, 5.74) is 1.48. The van der Waals surface area contributed by atoms with Crippen LogP contribution in [0.15, 0.2) is 47.4 Å². The molecule has 10 nitrogen and oxygen atoms in total. The van der Waals surface area contributed by atoms with Gasteiger partial charge in [-0.15, -0.1) is 0 Å². The Morgan fingerprint density at radius 3 is 2.38 bits per heavy atom. The number of amides is 3. The van der Waals surface area contributed by atoms with Crippen LogP contribution in [0, 0.1) is 12.8 Å². The number of urea groups is 1. The van der Waals surface area contributed by atoms with Crippen LogP contribution in [0.5, 0.6) is 5.75 Å². The molecule has 3 amide bonds. The van der Waals surface area contributed by atoms with Crippen molar-refractivity contribution in [2.75, 3.05) is 38.6 Å². The van der Waals surface area contributed by atoms with Gasteiger partial charge in [-0.2, -0.15) is 0 Å². The average molecular weight is 561 g/mol. The van der Waals surface area contributed by atoms with Gasteiger partial charge in [-0.1, -0.05) is 24.6 Å². The lowest BCUT2D eigenvalue weighted by molar-refractivity contribution is 0.0165. The number of anilines is 1. The van der Waals surface area contributed by atoms with Crippen molar-refractivity contribution in [2.24, 2.45) is 5.92 Å². The van der Waals surface area contributed by atoms with Gasteiger partial charge in [-0.3, -0.25) is 9.52 Å². The molecule has 0 bridgehead atoms. The number of nitrogens with zero attached hydrogens (tertiary/aromatic N) is 2. The van der Waals surface area contributed by atoms with Crippen LogP contribution in [0.4, 0.5) is 10.5 Å². The first-order valence-corrected chi connectivity index (χ1v) is 14.5. The third-order valence-electron chi connectivity index (χ3n) is 6.70. The number of fused-ring (bicyclic) bond motifs is 1. The van der Waals surface area contributed by atoms with Crippen molar-refractivity contribution in [3.05, 3.63) is 53.6 Å². The van der Waals surface area contributed by atoms with Gasteiger partial charge in [0.25, 0.3) is 15.9 Å². The highest BCUT2D eigenvalue weighted by Crippen LogP contribution is 2.28. The Balaban J connectivity index is 1.97. The standard InChI is InChI=1S/C28H40N4O6S/c1-18(2)29-28(34)32-15-20(4)26(37-7)16-31(6)27(33)24-13-10-22(14-25(24)38-17-21(32)5)30-39(35,36)23-11-8-19(3)9-12-23/h8-14,18,20-21,26,30H,15-17H2,1-7H3,(H,29,34)/t20-,21+,26+/m0/s1. The van der Waals surface area contributed by atoms with Crippen molar-refractivity contribution in [1.82, 2.24) is 15.1 Å². The number of hydrogen-bond donors (Lipinski definition) is 2. The van der Waals surface area contributed by atoms with E-state index in [1.54, 1.807) is 42.2 Å². The van der Waals surface area contributed by atoms with Crippen LogP contribution >= 0.6 is 0 Å². The Morgan fingerprint density at radius 1 is 1.10 bits per heavy atom. The number of nitrogens with one attached hydrogen (secondary N) is 2. The number of rotatable bonds is 5. The highest BCUT2D eigenvalue weighted by Gasteiger charge is 2.30. The van der Waals surface area contributed by atoms with Crippen LogP contribution in [-0.2, 0) is 14.8 Å². The molecule has 39 heavy (non-hydrogen) atoms. The van der Waals surface area contributed by atoms with Gasteiger partial charge >= 0.3 is 6.03 Å². The fourth-order valence-corrected chi connectivity index (χ4v) is 5.43. The normalized spacial score (nSPS) is 20.9. The zero-order valence-electron chi connectivity index (χ0n) is 23.7. The number of carbonyl (C=O) groups is 2. The summed E-state index contributed by atoms with van der Waals surface area (Å²) in [5, 5.41) is 2.95. The third-order valence-corrected chi connectivity index (χ3v) is 8.10. The first-order valence-electron chi connectivity index (χ1n) is 13.0. The highest BCUT2D eigenvalue weighted by molar-refractivity contribution is 7.92. The molecule has 0 unspecified atom stereocenters. The maximum Gasteiger partial charge on any atom is 0.317 e. The van der Waals surface area contributed by atoms with E-state index in [0.717, 1.165) is 5.56 Å². The van der Waals surface area contributed by atoms with E-state index in [0.29, 0.717) is 13.1 Å². The molecule has 3 atom stereocenters. The van der Waals surface area contributed by atoms with E-state index < -0.39 is 10.0 Å². The molecular formula is C28H40N4O6S. The predicted octanol–water partition coefficient (Wildman–Crippen LogP) is 3.72. The van der Waals surface area contributed by atoms with Crippen LogP contribution in [0.3, 0.4) is 0 Å². The van der Waals surface area contributed by atoms with E-state index in [2.05, 4.69) is 10.0 Å². The van der Waals surface area contributed by atoms with Gasteiger partial charge in [0.15, 0.2) is 0 Å². The molecule has 0 aromatic heterocycles. The minimum Gasteiger partial charge on any atom is -0.491 e. The van der Waals surface area contributed by atoms with E-state index >= 15 is 0 Å². The summed E-state index contributed by atoms with van der Waals surface area (Å²) in [7, 11) is -0.588. The zero-order valence-corrected chi connectivity index (χ0v) is 24.5. The van der Waals surface area contributed by atoms with E-state index in [-0.39, 0.29) is 64.5 Å². The number of ether oxygens (including phenoxy) is 2. The fraction of sp³-hybridized carbons (Fsp3) is 0.500. The van der Waals surface area contributed by atoms with Crippen molar-refractivity contribution < 1.29 is 27.5 Å². The second kappa shape index (κ2) is 12.7. The zero-order chi connectivity index (χ0) is 28.9. The smallest absolute Gasteiger partial charge is 0.317 e. The van der Waals surface area contributed by atoms with Crippen LogP contribution in [0.2, 0.25) is 0 Å². The molecule has 3 rings (SSSR count). The maximum atomic E-state index is 13.4.